The van der Waals surface area contributed by atoms with Gasteiger partial charge in [0.15, 0.2) is 0 Å². The van der Waals surface area contributed by atoms with Crippen LogP contribution >= 0.6 is 0 Å². The van der Waals surface area contributed by atoms with E-state index < -0.39 is 0 Å². The predicted octanol–water partition coefficient (Wildman–Crippen LogP) is -2.11. The second-order valence-corrected chi connectivity index (χ2v) is 5.91. The Morgan fingerprint density at radius 3 is 1.44 bits per heavy atom. The van der Waals surface area contributed by atoms with Gasteiger partial charge in [0.25, 0.3) is 0 Å². The summed E-state index contributed by atoms with van der Waals surface area (Å²) in [7, 11) is 0. The summed E-state index contributed by atoms with van der Waals surface area (Å²) in [5.41, 5.74) is 2.80. The maximum Gasteiger partial charge on any atom is 1.00 e. The molecule has 0 heterocycles. The van der Waals surface area contributed by atoms with Gasteiger partial charge < -0.3 is 12.1 Å². The number of benzene rings is 1. The molecular weight excluding hydrogens is 214 g/mol. The molecule has 2 heteroatoms. The summed E-state index contributed by atoms with van der Waals surface area (Å²) in [6.45, 7) is 13.2. The van der Waals surface area contributed by atoms with E-state index in [1.807, 2.05) is 0 Å². The zero-order valence-electron chi connectivity index (χ0n) is 12.2. The van der Waals surface area contributed by atoms with E-state index in [1.165, 1.54) is 5.56 Å². The van der Waals surface area contributed by atoms with E-state index >= 15 is 0 Å². The maximum atomic E-state index is 3.33. The monoisotopic (exact) mass is 234 g/mol. The Hall–Kier alpha value is 1.45. The van der Waals surface area contributed by atoms with Crippen molar-refractivity contribution >= 4 is 0 Å². The summed E-state index contributed by atoms with van der Waals surface area (Å²) < 4.78 is 0. The average molecular weight is 234 g/mol. The van der Waals surface area contributed by atoms with Gasteiger partial charge in [-0.25, -0.2) is 0 Å². The first-order chi connectivity index (χ1) is 6.21. The van der Waals surface area contributed by atoms with Crippen LogP contribution in [0.4, 0.5) is 0 Å². The number of hydrogen-bond donors (Lipinski definition) is 0. The Balaban J connectivity index is 0. The molecule has 0 atom stereocenters. The van der Waals surface area contributed by atoms with Crippen LogP contribution in [0, 0.1) is 12.1 Å². The van der Waals surface area contributed by atoms with Crippen molar-refractivity contribution in [2.24, 2.45) is 0 Å². The minimum atomic E-state index is 0. The van der Waals surface area contributed by atoms with Gasteiger partial charge in [0.1, 0.15) is 0 Å². The van der Waals surface area contributed by atoms with Crippen molar-refractivity contribution in [3.63, 3.8) is 0 Å². The van der Waals surface area contributed by atoms with Crippen molar-refractivity contribution in [2.75, 3.05) is 0 Å². The van der Waals surface area contributed by atoms with Gasteiger partial charge in [-0.3, -0.25) is 23.3 Å². The first kappa shape index (κ1) is 19.8. The van der Waals surface area contributed by atoms with Crippen LogP contribution in [0.25, 0.3) is 0 Å². The second kappa shape index (κ2) is 7.14. The zero-order valence-corrected chi connectivity index (χ0v) is 15.3. The molecule has 1 rings (SSSR count). The van der Waals surface area contributed by atoms with Crippen LogP contribution in [0.2, 0.25) is 0 Å². The van der Waals surface area contributed by atoms with Gasteiger partial charge in [-0.1, -0.05) is 47.0 Å². The third kappa shape index (κ3) is 5.87. The van der Waals surface area contributed by atoms with Crippen molar-refractivity contribution in [3.05, 3.63) is 35.4 Å². The van der Waals surface area contributed by atoms with Crippen LogP contribution in [0.5, 0.6) is 0 Å². The van der Waals surface area contributed by atoms with Crippen LogP contribution < -0.4 is 70.2 Å². The molecule has 0 N–H and O–H groups in total. The van der Waals surface area contributed by atoms with Gasteiger partial charge in [0, 0.05) is 0 Å². The molecule has 0 spiro atoms. The fourth-order valence-electron chi connectivity index (χ4n) is 1.25. The van der Waals surface area contributed by atoms with Crippen LogP contribution in [0.3, 0.4) is 0 Å². The normalized spacial score (nSPS) is 11.4. The Bertz CT molecular complexity index is 268. The first-order valence-electron chi connectivity index (χ1n) is 5.15. The van der Waals surface area contributed by atoms with E-state index in [4.69, 9.17) is 0 Å². The Morgan fingerprint density at radius 1 is 0.812 bits per heavy atom. The summed E-state index contributed by atoms with van der Waals surface area (Å²) in [6.07, 6.45) is 0. The summed E-state index contributed by atoms with van der Waals surface area (Å²) in [4.78, 5) is 0. The third-order valence-corrected chi connectivity index (χ3v) is 2.36. The van der Waals surface area contributed by atoms with Crippen molar-refractivity contribution in [2.45, 2.75) is 52.4 Å². The largest absolute Gasteiger partial charge is 1.00 e. The molecule has 78 valence electrons. The fourth-order valence-corrected chi connectivity index (χ4v) is 1.25. The number of rotatable bonds is 0. The summed E-state index contributed by atoms with van der Waals surface area (Å²) in [6, 6.07) is 10.8. The predicted molar refractivity (Wildman–Crippen MR) is 61.5 cm³/mol. The molecule has 1 aromatic carbocycles. The quantitative estimate of drug-likeness (QED) is 0.356. The van der Waals surface area contributed by atoms with Gasteiger partial charge in [-0.2, -0.15) is 0 Å². The van der Waals surface area contributed by atoms with Gasteiger partial charge in [0.2, 0.25) is 0 Å². The molecule has 1 aromatic rings. The van der Waals surface area contributed by atoms with Gasteiger partial charge >= 0.3 is 70.2 Å². The second-order valence-electron chi connectivity index (χ2n) is 5.91. The molecule has 0 unspecified atom stereocenters. The molecule has 0 saturated carbocycles. The molecule has 0 aliphatic rings. The minimum absolute atomic E-state index is 0. The maximum absolute atomic E-state index is 3.33. The van der Waals surface area contributed by atoms with Crippen molar-refractivity contribution in [1.29, 1.82) is 0 Å². The molecule has 0 nitrogen and oxygen atoms in total. The average Bonchev–Trinajstić information content (AvgIpc) is 2.01. The Labute approximate surface area is 156 Å². The van der Waals surface area contributed by atoms with E-state index in [0.717, 1.165) is 5.56 Å². The Morgan fingerprint density at radius 2 is 1.19 bits per heavy atom. The van der Waals surface area contributed by atoms with E-state index in [1.54, 1.807) is 0 Å². The van der Waals surface area contributed by atoms with Crippen LogP contribution in [0.1, 0.15) is 52.7 Å². The number of hydrogen-bond acceptors (Lipinski definition) is 0. The molecule has 0 saturated heterocycles. The molecule has 0 amide bonds. The fraction of sp³-hybridized carbons (Fsp3) is 0.571. The smallest absolute Gasteiger partial charge is 0.355 e. The van der Waals surface area contributed by atoms with E-state index in [9.17, 15) is 0 Å². The van der Waals surface area contributed by atoms with Crippen molar-refractivity contribution in [3.8, 4) is 0 Å². The van der Waals surface area contributed by atoms with Crippen molar-refractivity contribution < 1.29 is 70.2 Å². The summed E-state index contributed by atoms with van der Waals surface area (Å²) in [5, 5.41) is 0. The van der Waals surface area contributed by atoms with E-state index in [0.29, 0.717) is 0 Å². The van der Waals surface area contributed by atoms with Gasteiger partial charge in [-0.15, -0.1) is 5.41 Å². The molecule has 0 aliphatic heterocycles. The molecule has 0 radical (unpaired) electrons. The molecule has 0 aromatic heterocycles. The third-order valence-electron chi connectivity index (χ3n) is 2.36. The topological polar surface area (TPSA) is 0 Å². The van der Waals surface area contributed by atoms with Crippen LogP contribution in [-0.4, -0.2) is 0 Å². The minimum Gasteiger partial charge on any atom is -0.355 e. The van der Waals surface area contributed by atoms with E-state index in [2.05, 4.69) is 65.8 Å². The Kier molecular flexibility index (Phi) is 8.83. The molecule has 16 heavy (non-hydrogen) atoms. The SMILES string of the molecule is CC(C)(C)c1[c-]cc(C(C)(C)C)c[c-]1.[K+].[Li+]. The molecule has 0 bridgehead atoms. The van der Waals surface area contributed by atoms with Gasteiger partial charge in [-0.05, 0) is 0 Å². The van der Waals surface area contributed by atoms with Gasteiger partial charge in [0.05, 0.1) is 0 Å². The zero-order chi connectivity index (χ0) is 11.0. The molecule has 0 aliphatic carbocycles. The molecular formula is C14H20KLi. The summed E-state index contributed by atoms with van der Waals surface area (Å²) in [5.74, 6) is 0. The van der Waals surface area contributed by atoms with Crippen LogP contribution in [0.15, 0.2) is 12.1 Å². The first-order valence-corrected chi connectivity index (χ1v) is 5.15. The van der Waals surface area contributed by atoms with E-state index in [-0.39, 0.29) is 81.1 Å². The van der Waals surface area contributed by atoms with Crippen molar-refractivity contribution in [1.82, 2.24) is 0 Å². The summed E-state index contributed by atoms with van der Waals surface area (Å²) >= 11 is 0. The van der Waals surface area contributed by atoms with Crippen LogP contribution in [-0.2, 0) is 10.8 Å². The molecule has 0 fully saturated rings. The standard InChI is InChI=1S/C14H20.K.Li/c1-13(2,3)11-7-9-12(10-8-11)14(4,5)6;;/h7-8H,1-6H3;;/q-2;2*+1.